The molecular weight excluding hydrogens is 272 g/mol. The average Bonchev–Trinajstić information content (AvgIpc) is 2.45. The fourth-order valence-electron chi connectivity index (χ4n) is 3.26. The van der Waals surface area contributed by atoms with Gasteiger partial charge in [-0.15, -0.1) is 0 Å². The van der Waals surface area contributed by atoms with Gasteiger partial charge in [-0.05, 0) is 48.1 Å². The largest absolute Gasteiger partial charge is 0.457 e. The molecule has 2 aromatic carbocycles. The molecule has 0 bridgehead atoms. The van der Waals surface area contributed by atoms with Gasteiger partial charge in [-0.3, -0.25) is 0 Å². The quantitative estimate of drug-likeness (QED) is 0.671. The molecule has 0 unspecified atom stereocenters. The second-order valence-electron chi connectivity index (χ2n) is 6.59. The Morgan fingerprint density at radius 2 is 1.95 bits per heavy atom. The summed E-state index contributed by atoms with van der Waals surface area (Å²) >= 11 is 0. The standard InChI is InChI=1S/C20H24O2/c1-13(2)8-15-9-14(3)17-11-18-16(12-21-4)6-5-7-19(18)22-20(17)10-15/h5-7,9-10,13H,8,11-12H2,1-4H3. The molecule has 0 saturated carbocycles. The van der Waals surface area contributed by atoms with Gasteiger partial charge in [-0.1, -0.05) is 32.0 Å². The molecule has 2 heteroatoms. The molecule has 0 atom stereocenters. The normalized spacial score (nSPS) is 12.8. The predicted octanol–water partition coefficient (Wildman–Crippen LogP) is 5.04. The minimum Gasteiger partial charge on any atom is -0.457 e. The van der Waals surface area contributed by atoms with E-state index in [4.69, 9.17) is 9.47 Å². The lowest BCUT2D eigenvalue weighted by atomic mass is 9.90. The molecule has 22 heavy (non-hydrogen) atoms. The van der Waals surface area contributed by atoms with Crippen LogP contribution in [0, 0.1) is 12.8 Å². The van der Waals surface area contributed by atoms with Crippen molar-refractivity contribution >= 4 is 0 Å². The maximum Gasteiger partial charge on any atom is 0.131 e. The van der Waals surface area contributed by atoms with Crippen molar-refractivity contribution in [2.45, 2.75) is 40.2 Å². The lowest BCUT2D eigenvalue weighted by molar-refractivity contribution is 0.184. The van der Waals surface area contributed by atoms with E-state index >= 15 is 0 Å². The van der Waals surface area contributed by atoms with Crippen LogP contribution in [0.15, 0.2) is 30.3 Å². The Morgan fingerprint density at radius 3 is 2.68 bits per heavy atom. The minimum absolute atomic E-state index is 0.631. The number of hydrogen-bond acceptors (Lipinski definition) is 2. The van der Waals surface area contributed by atoms with Crippen LogP contribution in [0.1, 0.15) is 41.7 Å². The molecular formula is C20H24O2. The number of hydrogen-bond donors (Lipinski definition) is 0. The van der Waals surface area contributed by atoms with Gasteiger partial charge in [-0.25, -0.2) is 0 Å². The zero-order valence-corrected chi connectivity index (χ0v) is 13.9. The Bertz CT molecular complexity index is 686. The third kappa shape index (κ3) is 2.89. The van der Waals surface area contributed by atoms with Gasteiger partial charge in [0.15, 0.2) is 0 Å². The fraction of sp³-hybridized carbons (Fsp3) is 0.400. The highest BCUT2D eigenvalue weighted by molar-refractivity contribution is 5.55. The van der Waals surface area contributed by atoms with Crippen molar-refractivity contribution in [3.8, 4) is 11.5 Å². The summed E-state index contributed by atoms with van der Waals surface area (Å²) in [6.45, 7) is 7.33. The molecule has 1 aliphatic rings. The average molecular weight is 296 g/mol. The summed E-state index contributed by atoms with van der Waals surface area (Å²) in [5, 5.41) is 0. The molecule has 0 aromatic heterocycles. The van der Waals surface area contributed by atoms with Crippen molar-refractivity contribution in [1.29, 1.82) is 0 Å². The van der Waals surface area contributed by atoms with Crippen molar-refractivity contribution in [2.24, 2.45) is 5.92 Å². The van der Waals surface area contributed by atoms with Crippen molar-refractivity contribution in [3.05, 3.63) is 58.1 Å². The predicted molar refractivity (Wildman–Crippen MR) is 89.8 cm³/mol. The van der Waals surface area contributed by atoms with E-state index in [2.05, 4.69) is 45.0 Å². The van der Waals surface area contributed by atoms with E-state index in [1.165, 1.54) is 27.8 Å². The maximum atomic E-state index is 6.21. The van der Waals surface area contributed by atoms with Crippen LogP contribution >= 0.6 is 0 Å². The SMILES string of the molecule is COCc1cccc2c1Cc1c(C)cc(CC(C)C)cc1O2. The summed E-state index contributed by atoms with van der Waals surface area (Å²) in [4.78, 5) is 0. The third-order valence-electron chi connectivity index (χ3n) is 4.24. The molecule has 0 saturated heterocycles. The third-order valence-corrected chi connectivity index (χ3v) is 4.24. The van der Waals surface area contributed by atoms with E-state index in [9.17, 15) is 0 Å². The van der Waals surface area contributed by atoms with Crippen LogP contribution in [0.2, 0.25) is 0 Å². The highest BCUT2D eigenvalue weighted by Gasteiger charge is 2.21. The molecule has 0 N–H and O–H groups in total. The second kappa shape index (κ2) is 6.13. The van der Waals surface area contributed by atoms with Gasteiger partial charge in [-0.2, -0.15) is 0 Å². The van der Waals surface area contributed by atoms with Crippen LogP contribution in [-0.4, -0.2) is 7.11 Å². The first-order chi connectivity index (χ1) is 10.6. The van der Waals surface area contributed by atoms with E-state index in [1.807, 2.05) is 6.07 Å². The first-order valence-corrected chi connectivity index (χ1v) is 7.98. The first-order valence-electron chi connectivity index (χ1n) is 7.98. The van der Waals surface area contributed by atoms with Gasteiger partial charge in [0.1, 0.15) is 11.5 Å². The summed E-state index contributed by atoms with van der Waals surface area (Å²) in [6, 6.07) is 10.8. The molecule has 116 valence electrons. The van der Waals surface area contributed by atoms with Gasteiger partial charge >= 0.3 is 0 Å². The summed E-state index contributed by atoms with van der Waals surface area (Å²) < 4.78 is 11.5. The van der Waals surface area contributed by atoms with Crippen molar-refractivity contribution in [1.82, 2.24) is 0 Å². The van der Waals surface area contributed by atoms with E-state index in [0.717, 1.165) is 24.3 Å². The molecule has 0 aliphatic carbocycles. The van der Waals surface area contributed by atoms with E-state index in [0.29, 0.717) is 12.5 Å². The molecule has 0 fully saturated rings. The van der Waals surface area contributed by atoms with Gasteiger partial charge < -0.3 is 9.47 Å². The zero-order chi connectivity index (χ0) is 15.7. The second-order valence-corrected chi connectivity index (χ2v) is 6.59. The minimum atomic E-state index is 0.631. The molecule has 0 spiro atoms. The molecule has 1 aliphatic heterocycles. The lowest BCUT2D eigenvalue weighted by Gasteiger charge is -2.25. The number of rotatable bonds is 4. The first kappa shape index (κ1) is 15.1. The van der Waals surface area contributed by atoms with Crippen molar-refractivity contribution in [2.75, 3.05) is 7.11 Å². The monoisotopic (exact) mass is 296 g/mol. The lowest BCUT2D eigenvalue weighted by Crippen LogP contribution is -2.09. The number of aryl methyl sites for hydroxylation is 1. The summed E-state index contributed by atoms with van der Waals surface area (Å²) in [5.41, 5.74) is 6.48. The maximum absolute atomic E-state index is 6.21. The highest BCUT2D eigenvalue weighted by Crippen LogP contribution is 2.40. The summed E-state index contributed by atoms with van der Waals surface area (Å²) in [7, 11) is 1.74. The fourth-order valence-corrected chi connectivity index (χ4v) is 3.26. The summed E-state index contributed by atoms with van der Waals surface area (Å²) in [6.07, 6.45) is 2.02. The Morgan fingerprint density at radius 1 is 1.14 bits per heavy atom. The molecule has 1 heterocycles. The summed E-state index contributed by atoms with van der Waals surface area (Å²) in [5.74, 6) is 2.66. The molecule has 2 aromatic rings. The van der Waals surface area contributed by atoms with Crippen LogP contribution in [0.25, 0.3) is 0 Å². The topological polar surface area (TPSA) is 18.5 Å². The highest BCUT2D eigenvalue weighted by atomic mass is 16.5. The Balaban J connectivity index is 1.99. The molecule has 0 amide bonds. The van der Waals surface area contributed by atoms with Crippen LogP contribution in [0.4, 0.5) is 0 Å². The van der Waals surface area contributed by atoms with Crippen LogP contribution < -0.4 is 4.74 Å². The van der Waals surface area contributed by atoms with Gasteiger partial charge in [0, 0.05) is 24.7 Å². The molecule has 2 nitrogen and oxygen atoms in total. The number of methoxy groups -OCH3 is 1. The molecule has 3 rings (SSSR count). The van der Waals surface area contributed by atoms with E-state index in [1.54, 1.807) is 7.11 Å². The number of ether oxygens (including phenoxy) is 2. The Labute approximate surface area is 133 Å². The van der Waals surface area contributed by atoms with Gasteiger partial charge in [0.2, 0.25) is 0 Å². The van der Waals surface area contributed by atoms with Crippen LogP contribution in [0.5, 0.6) is 11.5 Å². The van der Waals surface area contributed by atoms with E-state index < -0.39 is 0 Å². The molecule has 0 radical (unpaired) electrons. The van der Waals surface area contributed by atoms with Crippen molar-refractivity contribution in [3.63, 3.8) is 0 Å². The van der Waals surface area contributed by atoms with Crippen LogP contribution in [0.3, 0.4) is 0 Å². The van der Waals surface area contributed by atoms with Crippen molar-refractivity contribution < 1.29 is 9.47 Å². The zero-order valence-electron chi connectivity index (χ0n) is 13.9. The Hall–Kier alpha value is -1.80. The van der Waals surface area contributed by atoms with E-state index in [-0.39, 0.29) is 0 Å². The van der Waals surface area contributed by atoms with Crippen LogP contribution in [-0.2, 0) is 24.2 Å². The van der Waals surface area contributed by atoms with Gasteiger partial charge in [0.05, 0.1) is 6.61 Å². The van der Waals surface area contributed by atoms with Gasteiger partial charge in [0.25, 0.3) is 0 Å². The number of fused-ring (bicyclic) bond motifs is 2. The Kier molecular flexibility index (Phi) is 4.21. The smallest absolute Gasteiger partial charge is 0.131 e. The number of benzene rings is 2.